The van der Waals surface area contributed by atoms with E-state index in [2.05, 4.69) is 5.32 Å². The van der Waals surface area contributed by atoms with Crippen LogP contribution in [-0.2, 0) is 4.74 Å². The molecule has 0 saturated carbocycles. The number of rotatable bonds is 3. The van der Waals surface area contributed by atoms with Gasteiger partial charge >= 0.3 is 6.09 Å². The minimum absolute atomic E-state index is 0.0420. The first-order chi connectivity index (χ1) is 9.10. The number of alkyl carbamates (subject to hydrolysis) is 1. The van der Waals surface area contributed by atoms with Crippen LogP contribution in [0.15, 0.2) is 18.2 Å². The number of nitrogens with one attached hydrogen (secondary N) is 1. The van der Waals surface area contributed by atoms with E-state index >= 15 is 0 Å². The lowest BCUT2D eigenvalue weighted by Gasteiger charge is -2.22. The molecule has 0 spiro atoms. The van der Waals surface area contributed by atoms with E-state index in [9.17, 15) is 14.9 Å². The van der Waals surface area contributed by atoms with Gasteiger partial charge in [0.05, 0.1) is 11.0 Å². The molecule has 0 aliphatic carbocycles. The first-order valence-electron chi connectivity index (χ1n) is 6.34. The summed E-state index contributed by atoms with van der Waals surface area (Å²) in [7, 11) is 0. The van der Waals surface area contributed by atoms with E-state index in [0.717, 1.165) is 0 Å². The van der Waals surface area contributed by atoms with Crippen LogP contribution in [0.1, 0.15) is 44.9 Å². The summed E-state index contributed by atoms with van der Waals surface area (Å²) in [6, 6.07) is 4.52. The third-order valence-corrected chi connectivity index (χ3v) is 2.66. The number of hydrogen-bond acceptors (Lipinski definition) is 4. The second-order valence-electron chi connectivity index (χ2n) is 5.67. The molecule has 6 heteroatoms. The van der Waals surface area contributed by atoms with Gasteiger partial charge in [-0.3, -0.25) is 10.1 Å². The zero-order valence-corrected chi connectivity index (χ0v) is 12.4. The lowest BCUT2D eigenvalue weighted by atomic mass is 10.1. The monoisotopic (exact) mass is 280 g/mol. The fourth-order valence-electron chi connectivity index (χ4n) is 1.66. The van der Waals surface area contributed by atoms with Gasteiger partial charge in [0.2, 0.25) is 0 Å². The average Bonchev–Trinajstić information content (AvgIpc) is 2.26. The van der Waals surface area contributed by atoms with Crippen LogP contribution in [0.5, 0.6) is 0 Å². The van der Waals surface area contributed by atoms with Gasteiger partial charge in [0.1, 0.15) is 5.60 Å². The molecule has 0 saturated heterocycles. The maximum Gasteiger partial charge on any atom is 0.408 e. The maximum absolute atomic E-state index is 11.7. The summed E-state index contributed by atoms with van der Waals surface area (Å²) >= 11 is 0. The van der Waals surface area contributed by atoms with Crippen LogP contribution in [0.4, 0.5) is 10.5 Å². The zero-order valence-electron chi connectivity index (χ0n) is 12.4. The number of carbonyl (C=O) groups excluding carboxylic acids is 1. The molecule has 0 radical (unpaired) electrons. The van der Waals surface area contributed by atoms with Crippen molar-refractivity contribution in [1.82, 2.24) is 5.32 Å². The number of carbonyl (C=O) groups is 1. The minimum Gasteiger partial charge on any atom is -0.444 e. The Hall–Kier alpha value is -2.11. The molecule has 1 aromatic carbocycles. The number of hydrogen-bond donors (Lipinski definition) is 1. The van der Waals surface area contributed by atoms with Crippen molar-refractivity contribution in [2.45, 2.75) is 46.3 Å². The predicted molar refractivity (Wildman–Crippen MR) is 75.6 cm³/mol. The van der Waals surface area contributed by atoms with Crippen molar-refractivity contribution in [3.05, 3.63) is 39.4 Å². The summed E-state index contributed by atoms with van der Waals surface area (Å²) in [5.41, 5.74) is 0.708. The highest BCUT2D eigenvalue weighted by atomic mass is 16.6. The molecule has 0 aliphatic rings. The van der Waals surface area contributed by atoms with Gasteiger partial charge in [-0.25, -0.2) is 4.79 Å². The van der Waals surface area contributed by atoms with Gasteiger partial charge in [-0.1, -0.05) is 12.1 Å². The number of ether oxygens (including phenoxy) is 1. The quantitative estimate of drug-likeness (QED) is 0.678. The summed E-state index contributed by atoms with van der Waals surface area (Å²) in [5, 5.41) is 13.6. The van der Waals surface area contributed by atoms with E-state index < -0.39 is 16.6 Å². The molecule has 1 aromatic rings. The fraction of sp³-hybridized carbons (Fsp3) is 0.500. The molecule has 110 valence electrons. The topological polar surface area (TPSA) is 81.5 Å². The Balaban J connectivity index is 2.83. The summed E-state index contributed by atoms with van der Waals surface area (Å²) in [6.45, 7) is 8.74. The summed E-state index contributed by atoms with van der Waals surface area (Å²) in [6.07, 6.45) is -0.548. The van der Waals surface area contributed by atoms with E-state index in [4.69, 9.17) is 4.74 Å². The first-order valence-corrected chi connectivity index (χ1v) is 6.34. The van der Waals surface area contributed by atoms with Crippen LogP contribution < -0.4 is 5.32 Å². The van der Waals surface area contributed by atoms with Gasteiger partial charge in [0.25, 0.3) is 5.69 Å². The normalized spacial score (nSPS) is 12.7. The average molecular weight is 280 g/mol. The van der Waals surface area contributed by atoms with E-state index in [-0.39, 0.29) is 11.7 Å². The zero-order chi connectivity index (χ0) is 15.5. The van der Waals surface area contributed by atoms with Crippen molar-refractivity contribution in [2.24, 2.45) is 0 Å². The van der Waals surface area contributed by atoms with Gasteiger partial charge in [-0.15, -0.1) is 0 Å². The fourth-order valence-corrected chi connectivity index (χ4v) is 1.66. The molecule has 1 amide bonds. The standard InChI is InChI=1S/C14H20N2O4/c1-9-6-7-11(8-12(9)16(18)19)10(2)15-13(17)20-14(3,4)5/h6-8,10H,1-5H3,(H,15,17)/t10-/m0/s1. The molecular formula is C14H20N2O4. The van der Waals surface area contributed by atoms with E-state index in [1.807, 2.05) is 0 Å². The molecule has 0 aliphatic heterocycles. The molecule has 0 bridgehead atoms. The number of nitro groups is 1. The van der Waals surface area contributed by atoms with Crippen molar-refractivity contribution in [3.63, 3.8) is 0 Å². The van der Waals surface area contributed by atoms with Crippen molar-refractivity contribution in [2.75, 3.05) is 0 Å². The van der Waals surface area contributed by atoms with Crippen LogP contribution in [0.2, 0.25) is 0 Å². The molecule has 1 atom stereocenters. The highest BCUT2D eigenvalue weighted by molar-refractivity contribution is 5.68. The predicted octanol–water partition coefficient (Wildman–Crippen LogP) is 3.49. The molecule has 1 N–H and O–H groups in total. The van der Waals surface area contributed by atoms with Crippen LogP contribution >= 0.6 is 0 Å². The Labute approximate surface area is 118 Å². The van der Waals surface area contributed by atoms with Crippen molar-refractivity contribution in [1.29, 1.82) is 0 Å². The van der Waals surface area contributed by atoms with Crippen LogP contribution in [0.25, 0.3) is 0 Å². The molecular weight excluding hydrogens is 260 g/mol. The summed E-state index contributed by atoms with van der Waals surface area (Å²) in [5.74, 6) is 0. The Morgan fingerprint density at radius 3 is 2.50 bits per heavy atom. The van der Waals surface area contributed by atoms with Crippen LogP contribution in [0.3, 0.4) is 0 Å². The SMILES string of the molecule is Cc1ccc([C@H](C)NC(=O)OC(C)(C)C)cc1[N+](=O)[O-]. The van der Waals surface area contributed by atoms with Gasteiger partial charge < -0.3 is 10.1 Å². The van der Waals surface area contributed by atoms with Crippen molar-refractivity contribution >= 4 is 11.8 Å². The Bertz CT molecular complexity index is 520. The Morgan fingerprint density at radius 1 is 1.40 bits per heavy atom. The highest BCUT2D eigenvalue weighted by Crippen LogP contribution is 2.23. The van der Waals surface area contributed by atoms with E-state index in [1.165, 1.54) is 6.07 Å². The van der Waals surface area contributed by atoms with Crippen LogP contribution in [-0.4, -0.2) is 16.6 Å². The number of benzene rings is 1. The summed E-state index contributed by atoms with van der Waals surface area (Å²) < 4.78 is 5.15. The Morgan fingerprint density at radius 2 is 2.00 bits per heavy atom. The largest absolute Gasteiger partial charge is 0.444 e. The van der Waals surface area contributed by atoms with Crippen LogP contribution in [0, 0.1) is 17.0 Å². The molecule has 1 rings (SSSR count). The Kier molecular flexibility index (Phi) is 4.70. The number of nitrogens with zero attached hydrogens (tertiary/aromatic N) is 1. The summed E-state index contributed by atoms with van der Waals surface area (Å²) in [4.78, 5) is 22.1. The molecule has 0 aromatic heterocycles. The maximum atomic E-state index is 11.7. The lowest BCUT2D eigenvalue weighted by Crippen LogP contribution is -2.34. The highest BCUT2D eigenvalue weighted by Gasteiger charge is 2.20. The second kappa shape index (κ2) is 5.90. The second-order valence-corrected chi connectivity index (χ2v) is 5.67. The van der Waals surface area contributed by atoms with Gasteiger partial charge in [0, 0.05) is 11.6 Å². The van der Waals surface area contributed by atoms with Gasteiger partial charge in [-0.05, 0) is 40.2 Å². The minimum atomic E-state index is -0.580. The smallest absolute Gasteiger partial charge is 0.408 e. The first kappa shape index (κ1) is 15.9. The number of amides is 1. The van der Waals surface area contributed by atoms with Crippen molar-refractivity contribution < 1.29 is 14.5 Å². The third-order valence-electron chi connectivity index (χ3n) is 2.66. The molecule has 0 unspecified atom stereocenters. The molecule has 6 nitrogen and oxygen atoms in total. The number of nitro benzene ring substituents is 1. The van der Waals surface area contributed by atoms with E-state index in [1.54, 1.807) is 46.8 Å². The third kappa shape index (κ3) is 4.53. The van der Waals surface area contributed by atoms with E-state index in [0.29, 0.717) is 11.1 Å². The van der Waals surface area contributed by atoms with Gasteiger partial charge in [-0.2, -0.15) is 0 Å². The van der Waals surface area contributed by atoms with Gasteiger partial charge in [0.15, 0.2) is 0 Å². The lowest BCUT2D eigenvalue weighted by molar-refractivity contribution is -0.385. The molecule has 0 fully saturated rings. The van der Waals surface area contributed by atoms with Crippen molar-refractivity contribution in [3.8, 4) is 0 Å². The molecule has 20 heavy (non-hydrogen) atoms. The molecule has 0 heterocycles. The number of aryl methyl sites for hydroxylation is 1.